The second-order valence-electron chi connectivity index (χ2n) is 5.10. The average Bonchev–Trinajstić information content (AvgIpc) is 2.46. The van der Waals surface area contributed by atoms with Gasteiger partial charge in [-0.25, -0.2) is 0 Å². The summed E-state index contributed by atoms with van der Waals surface area (Å²) in [6, 6.07) is 17.7. The SMILES string of the molecule is CN(C)Cc1ccc(C(=O)NCc2ccccc2)cc1. The third-order valence-electron chi connectivity index (χ3n) is 3.01. The Bertz CT molecular complexity index is 547. The third kappa shape index (κ3) is 4.21. The summed E-state index contributed by atoms with van der Waals surface area (Å²) in [5.74, 6) is -0.0368. The van der Waals surface area contributed by atoms with Gasteiger partial charge < -0.3 is 10.2 Å². The number of hydrogen-bond acceptors (Lipinski definition) is 2. The smallest absolute Gasteiger partial charge is 0.251 e. The van der Waals surface area contributed by atoms with Gasteiger partial charge in [-0.05, 0) is 37.4 Å². The van der Waals surface area contributed by atoms with E-state index in [1.54, 1.807) is 0 Å². The van der Waals surface area contributed by atoms with Gasteiger partial charge in [0.05, 0.1) is 0 Å². The van der Waals surface area contributed by atoms with Gasteiger partial charge in [0.1, 0.15) is 0 Å². The molecule has 0 saturated heterocycles. The Labute approximate surface area is 120 Å². The zero-order valence-electron chi connectivity index (χ0n) is 12.0. The van der Waals surface area contributed by atoms with Crippen LogP contribution in [0.3, 0.4) is 0 Å². The summed E-state index contributed by atoms with van der Waals surface area (Å²) < 4.78 is 0. The van der Waals surface area contributed by atoms with Crippen LogP contribution >= 0.6 is 0 Å². The lowest BCUT2D eigenvalue weighted by Crippen LogP contribution is -2.22. The van der Waals surface area contributed by atoms with Gasteiger partial charge in [0, 0.05) is 18.7 Å². The number of amides is 1. The van der Waals surface area contributed by atoms with E-state index in [0.29, 0.717) is 12.1 Å². The third-order valence-corrected chi connectivity index (χ3v) is 3.01. The van der Waals surface area contributed by atoms with Crippen LogP contribution < -0.4 is 5.32 Å². The highest BCUT2D eigenvalue weighted by Gasteiger charge is 2.05. The van der Waals surface area contributed by atoms with Gasteiger partial charge in [0.2, 0.25) is 0 Å². The summed E-state index contributed by atoms with van der Waals surface area (Å²) in [4.78, 5) is 14.1. The van der Waals surface area contributed by atoms with Gasteiger partial charge in [-0.2, -0.15) is 0 Å². The van der Waals surface area contributed by atoms with Crippen molar-refractivity contribution in [1.29, 1.82) is 0 Å². The first-order chi connectivity index (χ1) is 9.65. The van der Waals surface area contributed by atoms with E-state index >= 15 is 0 Å². The summed E-state index contributed by atoms with van der Waals surface area (Å²) in [5.41, 5.74) is 3.00. The molecular weight excluding hydrogens is 248 g/mol. The van der Waals surface area contributed by atoms with Gasteiger partial charge in [-0.3, -0.25) is 4.79 Å². The van der Waals surface area contributed by atoms with Gasteiger partial charge in [0.25, 0.3) is 5.91 Å². The Hall–Kier alpha value is -2.13. The predicted molar refractivity (Wildman–Crippen MR) is 81.4 cm³/mol. The number of rotatable bonds is 5. The summed E-state index contributed by atoms with van der Waals surface area (Å²) in [6.45, 7) is 1.44. The molecule has 2 aromatic rings. The Morgan fingerprint density at radius 2 is 1.60 bits per heavy atom. The van der Waals surface area contributed by atoms with Crippen molar-refractivity contribution in [2.24, 2.45) is 0 Å². The number of benzene rings is 2. The molecule has 0 aromatic heterocycles. The van der Waals surface area contributed by atoms with Crippen LogP contribution in [0.1, 0.15) is 21.5 Å². The summed E-state index contributed by atoms with van der Waals surface area (Å²) in [6.07, 6.45) is 0. The normalized spacial score (nSPS) is 10.6. The van der Waals surface area contributed by atoms with Crippen molar-refractivity contribution in [3.05, 3.63) is 71.3 Å². The molecule has 0 fully saturated rings. The first kappa shape index (κ1) is 14.3. The highest BCUT2D eigenvalue weighted by molar-refractivity contribution is 5.94. The minimum Gasteiger partial charge on any atom is -0.348 e. The zero-order valence-corrected chi connectivity index (χ0v) is 12.0. The fourth-order valence-electron chi connectivity index (χ4n) is 2.01. The standard InChI is InChI=1S/C17H20N2O/c1-19(2)13-15-8-10-16(11-9-15)17(20)18-12-14-6-4-3-5-7-14/h3-11H,12-13H2,1-2H3,(H,18,20). The molecule has 1 amide bonds. The molecule has 2 rings (SSSR count). The summed E-state index contributed by atoms with van der Waals surface area (Å²) in [7, 11) is 4.06. The van der Waals surface area contributed by atoms with E-state index in [1.165, 1.54) is 5.56 Å². The van der Waals surface area contributed by atoms with E-state index in [4.69, 9.17) is 0 Å². The molecule has 0 aliphatic carbocycles. The van der Waals surface area contributed by atoms with Crippen LogP contribution in [-0.2, 0) is 13.1 Å². The van der Waals surface area contributed by atoms with Gasteiger partial charge in [-0.15, -0.1) is 0 Å². The molecule has 3 nitrogen and oxygen atoms in total. The van der Waals surface area contributed by atoms with E-state index in [0.717, 1.165) is 12.1 Å². The fraction of sp³-hybridized carbons (Fsp3) is 0.235. The zero-order chi connectivity index (χ0) is 14.4. The maximum absolute atomic E-state index is 12.0. The predicted octanol–water partition coefficient (Wildman–Crippen LogP) is 2.68. The van der Waals surface area contributed by atoms with Gasteiger partial charge in [-0.1, -0.05) is 42.5 Å². The maximum atomic E-state index is 12.0. The fourth-order valence-corrected chi connectivity index (χ4v) is 2.01. The van der Waals surface area contributed by atoms with Crippen LogP contribution in [-0.4, -0.2) is 24.9 Å². The van der Waals surface area contributed by atoms with Crippen LogP contribution in [0.25, 0.3) is 0 Å². The molecule has 0 bridgehead atoms. The number of carbonyl (C=O) groups excluding carboxylic acids is 1. The molecule has 0 radical (unpaired) electrons. The van der Waals surface area contributed by atoms with Crippen molar-refractivity contribution in [1.82, 2.24) is 10.2 Å². The minimum atomic E-state index is -0.0368. The molecule has 104 valence electrons. The molecule has 0 aliphatic rings. The molecule has 0 saturated carbocycles. The van der Waals surface area contributed by atoms with Crippen molar-refractivity contribution in [3.8, 4) is 0 Å². The van der Waals surface area contributed by atoms with Crippen molar-refractivity contribution < 1.29 is 4.79 Å². The first-order valence-electron chi connectivity index (χ1n) is 6.71. The topological polar surface area (TPSA) is 32.3 Å². The molecule has 20 heavy (non-hydrogen) atoms. The second kappa shape index (κ2) is 6.87. The quantitative estimate of drug-likeness (QED) is 0.904. The maximum Gasteiger partial charge on any atom is 0.251 e. The number of nitrogens with zero attached hydrogens (tertiary/aromatic N) is 1. The van der Waals surface area contributed by atoms with Crippen LogP contribution in [0.4, 0.5) is 0 Å². The molecule has 2 aromatic carbocycles. The highest BCUT2D eigenvalue weighted by Crippen LogP contribution is 2.06. The second-order valence-corrected chi connectivity index (χ2v) is 5.10. The number of carbonyl (C=O) groups is 1. The molecule has 0 aliphatic heterocycles. The van der Waals surface area contributed by atoms with Crippen LogP contribution in [0.15, 0.2) is 54.6 Å². The minimum absolute atomic E-state index is 0.0368. The summed E-state index contributed by atoms with van der Waals surface area (Å²) >= 11 is 0. The lowest BCUT2D eigenvalue weighted by atomic mass is 10.1. The van der Waals surface area contributed by atoms with Crippen molar-refractivity contribution in [3.63, 3.8) is 0 Å². The van der Waals surface area contributed by atoms with Crippen molar-refractivity contribution >= 4 is 5.91 Å². The molecule has 3 heteroatoms. The van der Waals surface area contributed by atoms with E-state index < -0.39 is 0 Å². The first-order valence-corrected chi connectivity index (χ1v) is 6.71. The lowest BCUT2D eigenvalue weighted by Gasteiger charge is -2.10. The molecule has 0 unspecified atom stereocenters. The number of nitrogens with one attached hydrogen (secondary N) is 1. The largest absolute Gasteiger partial charge is 0.348 e. The molecule has 1 N–H and O–H groups in total. The lowest BCUT2D eigenvalue weighted by molar-refractivity contribution is 0.0951. The van der Waals surface area contributed by atoms with Crippen LogP contribution in [0.5, 0.6) is 0 Å². The van der Waals surface area contributed by atoms with E-state index in [-0.39, 0.29) is 5.91 Å². The monoisotopic (exact) mass is 268 g/mol. The Morgan fingerprint density at radius 3 is 2.20 bits per heavy atom. The molecule has 0 spiro atoms. The van der Waals surface area contributed by atoms with E-state index in [9.17, 15) is 4.79 Å². The van der Waals surface area contributed by atoms with Crippen LogP contribution in [0, 0.1) is 0 Å². The van der Waals surface area contributed by atoms with Crippen molar-refractivity contribution in [2.75, 3.05) is 14.1 Å². The molecular formula is C17H20N2O. The van der Waals surface area contributed by atoms with E-state index in [1.807, 2.05) is 68.7 Å². The molecule has 0 heterocycles. The molecule has 0 atom stereocenters. The Kier molecular flexibility index (Phi) is 4.91. The van der Waals surface area contributed by atoms with Gasteiger partial charge in [0.15, 0.2) is 0 Å². The summed E-state index contributed by atoms with van der Waals surface area (Å²) in [5, 5.41) is 2.93. The average molecular weight is 268 g/mol. The van der Waals surface area contributed by atoms with E-state index in [2.05, 4.69) is 10.2 Å². The van der Waals surface area contributed by atoms with Crippen LogP contribution in [0.2, 0.25) is 0 Å². The highest BCUT2D eigenvalue weighted by atomic mass is 16.1. The van der Waals surface area contributed by atoms with Crippen molar-refractivity contribution in [2.45, 2.75) is 13.1 Å². The Morgan fingerprint density at radius 1 is 0.950 bits per heavy atom. The Balaban J connectivity index is 1.92. The number of hydrogen-bond donors (Lipinski definition) is 1. The van der Waals surface area contributed by atoms with Gasteiger partial charge >= 0.3 is 0 Å².